The van der Waals surface area contributed by atoms with Crippen LogP contribution in [0.3, 0.4) is 0 Å². The third-order valence-corrected chi connectivity index (χ3v) is 13.3. The van der Waals surface area contributed by atoms with Crippen LogP contribution in [0.4, 0.5) is 0 Å². The summed E-state index contributed by atoms with van der Waals surface area (Å²) in [6, 6.07) is 70.7. The van der Waals surface area contributed by atoms with Crippen molar-refractivity contribution in [3.8, 4) is 33.6 Å². The Morgan fingerprint density at radius 3 is 1.69 bits per heavy atom. The topological polar surface area (TPSA) is 23.0 Å². The number of hydrogen-bond acceptors (Lipinski definition) is 2. The van der Waals surface area contributed by atoms with Crippen molar-refractivity contribution >= 4 is 97.1 Å². The molecular formula is C54H32N2OS. The van der Waals surface area contributed by atoms with Crippen molar-refractivity contribution < 1.29 is 4.42 Å². The summed E-state index contributed by atoms with van der Waals surface area (Å²) in [7, 11) is 0. The standard InChI is InChI=1S/C54H32N2OS/c1-2-10-33(11-3-1)34-18-20-35(21-19-34)36-22-24-37(25-23-36)56-49-31-44-39-12-4-7-15-47(39)55(38-26-29-51-46(30-38)40-13-5-8-16-50(40)57-51)48(44)32-45(49)42-27-28-43-41-14-6-9-17-52(41)58-54(43)53(42)56/h1-32H. The van der Waals surface area contributed by atoms with E-state index in [2.05, 4.69) is 191 Å². The summed E-state index contributed by atoms with van der Waals surface area (Å²) in [5.41, 5.74) is 13.8. The van der Waals surface area contributed by atoms with E-state index in [4.69, 9.17) is 4.42 Å². The summed E-state index contributed by atoms with van der Waals surface area (Å²) in [6.45, 7) is 0. The molecular weight excluding hydrogens is 725 g/mol. The van der Waals surface area contributed by atoms with Gasteiger partial charge in [-0.15, -0.1) is 11.3 Å². The first kappa shape index (κ1) is 31.8. The van der Waals surface area contributed by atoms with Crippen molar-refractivity contribution in [2.75, 3.05) is 0 Å². The lowest BCUT2D eigenvalue weighted by Gasteiger charge is -2.11. The van der Waals surface area contributed by atoms with E-state index in [1.807, 2.05) is 23.5 Å². The van der Waals surface area contributed by atoms with Gasteiger partial charge >= 0.3 is 0 Å². The van der Waals surface area contributed by atoms with Gasteiger partial charge < -0.3 is 13.6 Å². The van der Waals surface area contributed by atoms with Crippen molar-refractivity contribution in [1.29, 1.82) is 0 Å². The number of furan rings is 1. The summed E-state index contributed by atoms with van der Waals surface area (Å²) in [5.74, 6) is 0. The highest BCUT2D eigenvalue weighted by molar-refractivity contribution is 7.26. The molecule has 4 aromatic heterocycles. The molecule has 0 aliphatic heterocycles. The molecule has 270 valence electrons. The van der Waals surface area contributed by atoms with Crippen molar-refractivity contribution in [1.82, 2.24) is 9.13 Å². The van der Waals surface area contributed by atoms with Crippen LogP contribution in [0.15, 0.2) is 199 Å². The van der Waals surface area contributed by atoms with Crippen molar-refractivity contribution in [3.63, 3.8) is 0 Å². The number of thiophene rings is 1. The van der Waals surface area contributed by atoms with Gasteiger partial charge in [-0.3, -0.25) is 0 Å². The van der Waals surface area contributed by atoms with Crippen LogP contribution in [0.1, 0.15) is 0 Å². The summed E-state index contributed by atoms with van der Waals surface area (Å²) in [5, 5.41) is 9.81. The molecule has 13 rings (SSSR count). The van der Waals surface area contributed by atoms with E-state index < -0.39 is 0 Å². The predicted octanol–water partition coefficient (Wildman–Crippen LogP) is 15.5. The van der Waals surface area contributed by atoms with Crippen LogP contribution in [-0.4, -0.2) is 9.13 Å². The quantitative estimate of drug-likeness (QED) is 0.175. The number of nitrogens with zero attached hydrogens (tertiary/aromatic N) is 2. The normalized spacial score (nSPS) is 12.1. The lowest BCUT2D eigenvalue weighted by Crippen LogP contribution is -1.95. The van der Waals surface area contributed by atoms with Gasteiger partial charge in [0.05, 0.1) is 26.8 Å². The Morgan fingerprint density at radius 1 is 0.328 bits per heavy atom. The molecule has 58 heavy (non-hydrogen) atoms. The molecule has 0 aliphatic carbocycles. The first-order valence-corrected chi connectivity index (χ1v) is 20.6. The number of para-hydroxylation sites is 2. The second-order valence-corrected chi connectivity index (χ2v) is 16.3. The second-order valence-electron chi connectivity index (χ2n) is 15.3. The van der Waals surface area contributed by atoms with E-state index in [-0.39, 0.29) is 0 Å². The zero-order valence-corrected chi connectivity index (χ0v) is 32.0. The first-order valence-electron chi connectivity index (χ1n) is 19.7. The Bertz CT molecular complexity index is 3770. The highest BCUT2D eigenvalue weighted by atomic mass is 32.1. The molecule has 0 spiro atoms. The van der Waals surface area contributed by atoms with Gasteiger partial charge in [0.25, 0.3) is 0 Å². The molecule has 0 unspecified atom stereocenters. The summed E-state index contributed by atoms with van der Waals surface area (Å²) < 4.78 is 13.8. The van der Waals surface area contributed by atoms with Crippen LogP contribution in [0.5, 0.6) is 0 Å². The Balaban J connectivity index is 1.06. The lowest BCUT2D eigenvalue weighted by atomic mass is 10.0. The van der Waals surface area contributed by atoms with Gasteiger partial charge in [0.1, 0.15) is 11.2 Å². The minimum atomic E-state index is 0.902. The molecule has 3 nitrogen and oxygen atoms in total. The van der Waals surface area contributed by atoms with E-state index >= 15 is 0 Å². The maximum atomic E-state index is 6.25. The van der Waals surface area contributed by atoms with E-state index in [1.54, 1.807) is 0 Å². The molecule has 13 aromatic rings. The maximum absolute atomic E-state index is 6.25. The number of benzene rings is 9. The van der Waals surface area contributed by atoms with Gasteiger partial charge in [0.15, 0.2) is 0 Å². The Labute approximate surface area is 336 Å². The van der Waals surface area contributed by atoms with Gasteiger partial charge in [0, 0.05) is 59.2 Å². The maximum Gasteiger partial charge on any atom is 0.135 e. The Hall–Kier alpha value is -7.40. The monoisotopic (exact) mass is 756 g/mol. The van der Waals surface area contributed by atoms with Crippen molar-refractivity contribution in [2.24, 2.45) is 0 Å². The summed E-state index contributed by atoms with van der Waals surface area (Å²) in [4.78, 5) is 0. The zero-order chi connectivity index (χ0) is 37.9. The van der Waals surface area contributed by atoms with E-state index in [1.165, 1.54) is 86.0 Å². The molecule has 0 fully saturated rings. The molecule has 9 aromatic carbocycles. The third kappa shape index (κ3) is 4.55. The van der Waals surface area contributed by atoms with Gasteiger partial charge in [0.2, 0.25) is 0 Å². The molecule has 0 saturated heterocycles. The van der Waals surface area contributed by atoms with E-state index in [0.29, 0.717) is 0 Å². The van der Waals surface area contributed by atoms with Gasteiger partial charge in [-0.05, 0) is 82.9 Å². The van der Waals surface area contributed by atoms with Crippen LogP contribution < -0.4 is 0 Å². The average molecular weight is 757 g/mol. The molecule has 0 atom stereocenters. The Morgan fingerprint density at radius 2 is 0.897 bits per heavy atom. The Kier molecular flexibility index (Phi) is 6.60. The van der Waals surface area contributed by atoms with Crippen molar-refractivity contribution in [3.05, 3.63) is 194 Å². The van der Waals surface area contributed by atoms with E-state index in [9.17, 15) is 0 Å². The molecule has 0 N–H and O–H groups in total. The van der Waals surface area contributed by atoms with Gasteiger partial charge in [-0.25, -0.2) is 0 Å². The second kappa shape index (κ2) is 12.1. The van der Waals surface area contributed by atoms with E-state index in [0.717, 1.165) is 33.3 Å². The molecule has 4 heteroatoms. The zero-order valence-electron chi connectivity index (χ0n) is 31.2. The summed E-state index contributed by atoms with van der Waals surface area (Å²) >= 11 is 1.89. The number of hydrogen-bond donors (Lipinski definition) is 0. The van der Waals surface area contributed by atoms with Crippen LogP contribution in [0.2, 0.25) is 0 Å². The molecule has 4 heterocycles. The van der Waals surface area contributed by atoms with Crippen LogP contribution in [-0.2, 0) is 0 Å². The van der Waals surface area contributed by atoms with Crippen LogP contribution in [0.25, 0.3) is 119 Å². The fourth-order valence-corrected chi connectivity index (χ4v) is 10.7. The van der Waals surface area contributed by atoms with Crippen LogP contribution in [0, 0.1) is 0 Å². The van der Waals surface area contributed by atoms with Crippen molar-refractivity contribution in [2.45, 2.75) is 0 Å². The number of fused-ring (bicyclic) bond motifs is 13. The third-order valence-electron chi connectivity index (χ3n) is 12.1. The van der Waals surface area contributed by atoms with Crippen LogP contribution >= 0.6 is 11.3 Å². The SMILES string of the molecule is c1ccc(-c2ccc(-c3ccc(-n4c5cc6c7ccccc7n(-c7ccc8oc9ccccc9c8c7)c6cc5c5ccc6c7ccccc7sc6c54)cc3)cc2)cc1. The fourth-order valence-electron chi connectivity index (χ4n) is 9.43. The largest absolute Gasteiger partial charge is 0.456 e. The number of rotatable bonds is 4. The highest BCUT2D eigenvalue weighted by Gasteiger charge is 2.22. The molecule has 0 saturated carbocycles. The van der Waals surface area contributed by atoms with Gasteiger partial charge in [-0.1, -0.05) is 133 Å². The fraction of sp³-hybridized carbons (Fsp3) is 0. The lowest BCUT2D eigenvalue weighted by molar-refractivity contribution is 0.669. The highest BCUT2D eigenvalue weighted by Crippen LogP contribution is 2.45. The first-order chi connectivity index (χ1) is 28.7. The minimum absolute atomic E-state index is 0.902. The van der Waals surface area contributed by atoms with Gasteiger partial charge in [-0.2, -0.15) is 0 Å². The smallest absolute Gasteiger partial charge is 0.135 e. The number of aromatic nitrogens is 2. The summed E-state index contributed by atoms with van der Waals surface area (Å²) in [6.07, 6.45) is 0. The predicted molar refractivity (Wildman–Crippen MR) is 246 cm³/mol. The molecule has 0 amide bonds. The molecule has 0 radical (unpaired) electrons. The average Bonchev–Trinajstić information content (AvgIpc) is 4.03. The molecule has 0 aliphatic rings. The molecule has 0 bridgehead atoms. The minimum Gasteiger partial charge on any atom is -0.456 e.